The summed E-state index contributed by atoms with van der Waals surface area (Å²) < 4.78 is 7.48. The molecule has 5 aromatic rings. The van der Waals surface area contributed by atoms with Gasteiger partial charge in [0, 0.05) is 36.6 Å². The Hall–Kier alpha value is -4.46. The number of amides is 1. The van der Waals surface area contributed by atoms with Gasteiger partial charge in [-0.05, 0) is 36.8 Å². The third-order valence-corrected chi connectivity index (χ3v) is 6.99. The maximum absolute atomic E-state index is 13.1. The Bertz CT molecular complexity index is 1580. The van der Waals surface area contributed by atoms with Crippen LogP contribution in [-0.2, 0) is 11.2 Å². The fraction of sp³-hybridized carbons (Fsp3) is 0.241. The number of carbonyl (C=O) groups is 1. The fourth-order valence-corrected chi connectivity index (χ4v) is 5.11. The van der Waals surface area contributed by atoms with Gasteiger partial charge in [0.25, 0.3) is 0 Å². The van der Waals surface area contributed by atoms with Crippen molar-refractivity contribution in [1.82, 2.24) is 24.5 Å². The first-order valence-corrected chi connectivity index (χ1v) is 12.5. The quantitative estimate of drug-likeness (QED) is 0.366. The Morgan fingerprint density at radius 1 is 0.973 bits per heavy atom. The van der Waals surface area contributed by atoms with E-state index < -0.39 is 0 Å². The number of carbonyl (C=O) groups excluding carboxylic acids is 1. The van der Waals surface area contributed by atoms with Crippen LogP contribution in [0.2, 0.25) is 0 Å². The Kier molecular flexibility index (Phi) is 5.92. The normalized spacial score (nSPS) is 15.9. The number of methoxy groups -OCH3 is 1. The van der Waals surface area contributed by atoms with Crippen LogP contribution >= 0.6 is 0 Å². The molecule has 0 saturated carbocycles. The van der Waals surface area contributed by atoms with Crippen LogP contribution < -0.4 is 9.64 Å². The van der Waals surface area contributed by atoms with E-state index in [2.05, 4.69) is 22.0 Å². The highest BCUT2D eigenvalue weighted by Crippen LogP contribution is 2.30. The summed E-state index contributed by atoms with van der Waals surface area (Å²) in [6, 6.07) is 25.8. The molecule has 0 radical (unpaired) electrons. The van der Waals surface area contributed by atoms with E-state index in [4.69, 9.17) is 9.72 Å². The van der Waals surface area contributed by atoms with Gasteiger partial charge in [-0.2, -0.15) is 0 Å². The van der Waals surface area contributed by atoms with E-state index in [0.29, 0.717) is 31.9 Å². The Morgan fingerprint density at radius 2 is 1.78 bits per heavy atom. The van der Waals surface area contributed by atoms with Crippen molar-refractivity contribution in [1.29, 1.82) is 0 Å². The molecule has 6 rings (SSSR count). The molecule has 1 aliphatic heterocycles. The Balaban J connectivity index is 1.37. The van der Waals surface area contributed by atoms with Gasteiger partial charge in [-0.25, -0.2) is 9.38 Å². The maximum atomic E-state index is 13.1. The number of nitrogens with zero attached hydrogens (tertiary/aromatic N) is 6. The second-order valence-electron chi connectivity index (χ2n) is 9.39. The number of piperazine rings is 1. The highest BCUT2D eigenvalue weighted by atomic mass is 16.5. The molecule has 0 unspecified atom stereocenters. The monoisotopic (exact) mass is 492 g/mol. The van der Waals surface area contributed by atoms with Gasteiger partial charge in [-0.3, -0.25) is 4.79 Å². The number of hydrogen-bond acceptors (Lipinski definition) is 6. The predicted molar refractivity (Wildman–Crippen MR) is 144 cm³/mol. The third kappa shape index (κ3) is 4.24. The van der Waals surface area contributed by atoms with Crippen LogP contribution in [0, 0.1) is 0 Å². The zero-order valence-electron chi connectivity index (χ0n) is 20.9. The minimum Gasteiger partial charge on any atom is -0.497 e. The highest BCUT2D eigenvalue weighted by molar-refractivity contribution is 5.93. The molecule has 1 amide bonds. The molecule has 2 aromatic heterocycles. The molecule has 1 fully saturated rings. The van der Waals surface area contributed by atoms with Gasteiger partial charge >= 0.3 is 0 Å². The lowest BCUT2D eigenvalue weighted by molar-refractivity contribution is -0.132. The van der Waals surface area contributed by atoms with Crippen molar-refractivity contribution in [3.05, 3.63) is 84.4 Å². The molecule has 1 aliphatic rings. The molecule has 3 aromatic carbocycles. The van der Waals surface area contributed by atoms with E-state index in [-0.39, 0.29) is 11.9 Å². The number of hydrogen-bond donors (Lipinski definition) is 0. The number of benzene rings is 3. The number of para-hydroxylation sites is 1. The molecule has 0 bridgehead atoms. The van der Waals surface area contributed by atoms with Crippen LogP contribution in [0.1, 0.15) is 12.5 Å². The third-order valence-electron chi connectivity index (χ3n) is 6.99. The molecule has 8 nitrogen and oxygen atoms in total. The molecule has 1 atom stereocenters. The van der Waals surface area contributed by atoms with Crippen molar-refractivity contribution in [2.24, 2.45) is 0 Å². The summed E-state index contributed by atoms with van der Waals surface area (Å²) in [7, 11) is 1.65. The summed E-state index contributed by atoms with van der Waals surface area (Å²) >= 11 is 0. The SMILES string of the molecule is COc1cccc(-c2nnc3c4ccccc4nc(N4CCN(C(=O)Cc5ccccc5)[C@@H](C)C4)n23)c1. The molecule has 37 heavy (non-hydrogen) atoms. The Labute approximate surface area is 215 Å². The number of anilines is 1. The number of aromatic nitrogens is 4. The molecule has 0 spiro atoms. The van der Waals surface area contributed by atoms with Gasteiger partial charge in [0.1, 0.15) is 5.75 Å². The van der Waals surface area contributed by atoms with E-state index in [1.54, 1.807) is 7.11 Å². The summed E-state index contributed by atoms with van der Waals surface area (Å²) in [5.74, 6) is 2.39. The highest BCUT2D eigenvalue weighted by Gasteiger charge is 2.30. The van der Waals surface area contributed by atoms with Crippen molar-refractivity contribution in [2.45, 2.75) is 19.4 Å². The van der Waals surface area contributed by atoms with Crippen LogP contribution in [-0.4, -0.2) is 63.2 Å². The molecule has 3 heterocycles. The molecule has 186 valence electrons. The lowest BCUT2D eigenvalue weighted by Crippen LogP contribution is -2.55. The lowest BCUT2D eigenvalue weighted by atomic mass is 10.1. The van der Waals surface area contributed by atoms with Crippen molar-refractivity contribution in [2.75, 3.05) is 31.6 Å². The summed E-state index contributed by atoms with van der Waals surface area (Å²) in [5.41, 5.74) is 3.56. The second-order valence-corrected chi connectivity index (χ2v) is 9.39. The minimum absolute atomic E-state index is 0.0324. The van der Waals surface area contributed by atoms with Gasteiger partial charge < -0.3 is 14.5 Å². The second kappa shape index (κ2) is 9.54. The van der Waals surface area contributed by atoms with Gasteiger partial charge in [0.05, 0.1) is 19.0 Å². The van der Waals surface area contributed by atoms with Gasteiger partial charge in [-0.1, -0.05) is 54.6 Å². The summed E-state index contributed by atoms with van der Waals surface area (Å²) in [4.78, 5) is 22.4. The first-order valence-electron chi connectivity index (χ1n) is 12.5. The zero-order valence-corrected chi connectivity index (χ0v) is 20.9. The van der Waals surface area contributed by atoms with E-state index in [9.17, 15) is 4.79 Å². The topological polar surface area (TPSA) is 75.9 Å². The number of ether oxygens (including phenoxy) is 1. The van der Waals surface area contributed by atoms with Crippen molar-refractivity contribution in [3.63, 3.8) is 0 Å². The largest absolute Gasteiger partial charge is 0.497 e. The van der Waals surface area contributed by atoms with Crippen molar-refractivity contribution < 1.29 is 9.53 Å². The lowest BCUT2D eigenvalue weighted by Gasteiger charge is -2.40. The average Bonchev–Trinajstić information content (AvgIpc) is 3.39. The van der Waals surface area contributed by atoms with Gasteiger partial charge in [0.2, 0.25) is 11.9 Å². The van der Waals surface area contributed by atoms with E-state index in [1.807, 2.05) is 88.2 Å². The van der Waals surface area contributed by atoms with Crippen LogP contribution in [0.4, 0.5) is 5.95 Å². The van der Waals surface area contributed by atoms with Crippen LogP contribution in [0.15, 0.2) is 78.9 Å². The van der Waals surface area contributed by atoms with E-state index in [1.165, 1.54) is 0 Å². The molecular weight excluding hydrogens is 464 g/mol. The van der Waals surface area contributed by atoms with Gasteiger partial charge in [-0.15, -0.1) is 10.2 Å². The van der Waals surface area contributed by atoms with Crippen LogP contribution in [0.3, 0.4) is 0 Å². The maximum Gasteiger partial charge on any atom is 0.227 e. The first-order chi connectivity index (χ1) is 18.1. The zero-order chi connectivity index (χ0) is 25.4. The van der Waals surface area contributed by atoms with Crippen LogP contribution in [0.25, 0.3) is 27.9 Å². The molecule has 0 aliphatic carbocycles. The first kappa shape index (κ1) is 23.0. The molecule has 1 saturated heterocycles. The minimum atomic E-state index is 0.0324. The fourth-order valence-electron chi connectivity index (χ4n) is 5.11. The summed E-state index contributed by atoms with van der Waals surface area (Å²) in [6.45, 7) is 4.06. The van der Waals surface area contributed by atoms with Gasteiger partial charge in [0.15, 0.2) is 11.5 Å². The molecule has 0 N–H and O–H groups in total. The van der Waals surface area contributed by atoms with Crippen LogP contribution in [0.5, 0.6) is 5.75 Å². The summed E-state index contributed by atoms with van der Waals surface area (Å²) in [6.07, 6.45) is 0.412. The average molecular weight is 493 g/mol. The molecule has 8 heteroatoms. The summed E-state index contributed by atoms with van der Waals surface area (Å²) in [5, 5.41) is 10.1. The van der Waals surface area contributed by atoms with Crippen molar-refractivity contribution >= 4 is 28.4 Å². The molecular formula is C29H28N6O2. The van der Waals surface area contributed by atoms with Crippen molar-refractivity contribution in [3.8, 4) is 17.1 Å². The van der Waals surface area contributed by atoms with E-state index in [0.717, 1.165) is 39.4 Å². The predicted octanol–water partition coefficient (Wildman–Crippen LogP) is 4.23. The standard InChI is InChI=1S/C29H28N6O2/c1-20-19-33(15-16-34(20)26(36)17-21-9-4-3-5-10-21)29-30-25-14-7-6-13-24(25)28-32-31-27(35(28)29)22-11-8-12-23(18-22)37-2/h3-14,18,20H,15-17,19H2,1-2H3/t20-/m0/s1. The number of rotatable bonds is 5. The number of fused-ring (bicyclic) bond motifs is 3. The smallest absolute Gasteiger partial charge is 0.227 e. The Morgan fingerprint density at radius 3 is 2.59 bits per heavy atom. The van der Waals surface area contributed by atoms with E-state index >= 15 is 0 Å².